The normalized spacial score (nSPS) is 42.1. The summed E-state index contributed by atoms with van der Waals surface area (Å²) in [7, 11) is 0. The maximum Gasteiger partial charge on any atom is 0.0574 e. The zero-order valence-corrected chi connectivity index (χ0v) is 12.6. The van der Waals surface area contributed by atoms with Crippen LogP contribution in [0.25, 0.3) is 0 Å². The van der Waals surface area contributed by atoms with Gasteiger partial charge in [0.1, 0.15) is 0 Å². The highest BCUT2D eigenvalue weighted by atomic mass is 16.3. The van der Waals surface area contributed by atoms with Crippen LogP contribution in [0.1, 0.15) is 51.4 Å². The minimum absolute atomic E-state index is 0.171. The lowest BCUT2D eigenvalue weighted by atomic mass is 9.67. The Bertz CT molecular complexity index is 293. The second kappa shape index (κ2) is 7.42. The third-order valence-corrected chi connectivity index (χ3v) is 5.60. The smallest absolute Gasteiger partial charge is 0.0574 e. The van der Waals surface area contributed by atoms with Gasteiger partial charge in [-0.2, -0.15) is 0 Å². The Morgan fingerprint density at radius 3 is 1.45 bits per heavy atom. The van der Waals surface area contributed by atoms with Crippen LogP contribution >= 0.6 is 0 Å². The quantitative estimate of drug-likeness (QED) is 0.753. The van der Waals surface area contributed by atoms with Crippen LogP contribution in [-0.4, -0.2) is 22.4 Å². The van der Waals surface area contributed by atoms with E-state index in [1.54, 1.807) is 0 Å². The molecule has 20 heavy (non-hydrogen) atoms. The van der Waals surface area contributed by atoms with Crippen molar-refractivity contribution < 1.29 is 10.2 Å². The lowest BCUT2D eigenvalue weighted by Crippen LogP contribution is -2.37. The number of hydrogen-bond acceptors (Lipinski definition) is 2. The first-order valence-corrected chi connectivity index (χ1v) is 8.23. The molecule has 2 N–H and O–H groups in total. The molecule has 0 aliphatic heterocycles. The van der Waals surface area contributed by atoms with Crippen LogP contribution in [0.2, 0.25) is 0 Å². The Kier molecular flexibility index (Phi) is 5.86. The minimum atomic E-state index is -0.171. The number of hydrogen-bond donors (Lipinski definition) is 2. The van der Waals surface area contributed by atoms with Crippen molar-refractivity contribution in [3.8, 4) is 0 Å². The van der Waals surface area contributed by atoms with E-state index in [0.717, 1.165) is 38.5 Å². The molecule has 0 saturated heterocycles. The van der Waals surface area contributed by atoms with Gasteiger partial charge in [0.2, 0.25) is 0 Å². The second-order valence-electron chi connectivity index (χ2n) is 6.85. The lowest BCUT2D eigenvalue weighted by Gasteiger charge is -2.41. The Balaban J connectivity index is 1.85. The fraction of sp³-hybridized carbons (Fsp3) is 0.778. The van der Waals surface area contributed by atoms with Crippen LogP contribution in [0.3, 0.4) is 0 Å². The van der Waals surface area contributed by atoms with Gasteiger partial charge in [0.25, 0.3) is 0 Å². The summed E-state index contributed by atoms with van der Waals surface area (Å²) in [5, 5.41) is 20.6. The van der Waals surface area contributed by atoms with Crippen molar-refractivity contribution in [3.05, 3.63) is 25.3 Å². The topological polar surface area (TPSA) is 40.5 Å². The van der Waals surface area contributed by atoms with Crippen LogP contribution in [0.4, 0.5) is 0 Å². The highest BCUT2D eigenvalue weighted by molar-refractivity contribution is 4.91. The van der Waals surface area contributed by atoms with Crippen LogP contribution < -0.4 is 0 Å². The average molecular weight is 278 g/mol. The van der Waals surface area contributed by atoms with Crippen molar-refractivity contribution in [1.82, 2.24) is 0 Å². The average Bonchev–Trinajstić information content (AvgIpc) is 2.44. The second-order valence-corrected chi connectivity index (χ2v) is 6.85. The molecule has 0 aromatic heterocycles. The van der Waals surface area contributed by atoms with E-state index < -0.39 is 0 Å². The van der Waals surface area contributed by atoms with Gasteiger partial charge in [-0.3, -0.25) is 0 Å². The van der Waals surface area contributed by atoms with E-state index >= 15 is 0 Å². The number of aliphatic hydroxyl groups is 2. The highest BCUT2D eigenvalue weighted by Crippen LogP contribution is 2.42. The van der Waals surface area contributed by atoms with Gasteiger partial charge in [0.05, 0.1) is 12.2 Å². The van der Waals surface area contributed by atoms with Crippen LogP contribution in [0.5, 0.6) is 0 Å². The van der Waals surface area contributed by atoms with Gasteiger partial charge in [-0.15, -0.1) is 13.2 Å². The summed E-state index contributed by atoms with van der Waals surface area (Å²) >= 11 is 0. The molecule has 2 aliphatic rings. The molecule has 6 unspecified atom stereocenters. The molecular weight excluding hydrogens is 248 g/mol. The molecule has 2 heteroatoms. The number of aliphatic hydroxyl groups excluding tert-OH is 2. The molecule has 0 spiro atoms. The third-order valence-electron chi connectivity index (χ3n) is 5.60. The molecule has 2 rings (SSSR count). The molecule has 0 bridgehead atoms. The summed E-state index contributed by atoms with van der Waals surface area (Å²) in [6, 6.07) is 0. The fourth-order valence-electron chi connectivity index (χ4n) is 4.32. The minimum Gasteiger partial charge on any atom is -0.393 e. The SMILES string of the molecule is C=CCC1CCC(C2CCC(CC=C)C(O)C2)CC1O. The zero-order valence-electron chi connectivity index (χ0n) is 12.6. The first kappa shape index (κ1) is 15.8. The van der Waals surface area contributed by atoms with Gasteiger partial charge < -0.3 is 10.2 Å². The van der Waals surface area contributed by atoms with Gasteiger partial charge in [-0.25, -0.2) is 0 Å². The number of allylic oxidation sites excluding steroid dienone is 2. The van der Waals surface area contributed by atoms with Crippen LogP contribution in [0, 0.1) is 23.7 Å². The van der Waals surface area contributed by atoms with Crippen LogP contribution in [0.15, 0.2) is 25.3 Å². The summed E-state index contributed by atoms with van der Waals surface area (Å²) in [5.41, 5.74) is 0. The Morgan fingerprint density at radius 1 is 0.750 bits per heavy atom. The van der Waals surface area contributed by atoms with Gasteiger partial charge >= 0.3 is 0 Å². The first-order chi connectivity index (χ1) is 9.65. The standard InChI is InChI=1S/C18H30O2/c1-3-5-13-7-9-15(11-17(13)19)16-10-8-14(6-4-2)18(20)12-16/h3-4,13-20H,1-2,5-12H2. The van der Waals surface area contributed by atoms with Crippen molar-refractivity contribution in [2.24, 2.45) is 23.7 Å². The van der Waals surface area contributed by atoms with E-state index in [-0.39, 0.29) is 12.2 Å². The van der Waals surface area contributed by atoms with Gasteiger partial charge in [0, 0.05) is 0 Å². The van der Waals surface area contributed by atoms with E-state index in [4.69, 9.17) is 0 Å². The van der Waals surface area contributed by atoms with E-state index in [0.29, 0.717) is 23.7 Å². The molecule has 0 aromatic rings. The molecule has 114 valence electrons. The van der Waals surface area contributed by atoms with E-state index in [9.17, 15) is 10.2 Å². The predicted molar refractivity (Wildman–Crippen MR) is 83.3 cm³/mol. The summed E-state index contributed by atoms with van der Waals surface area (Å²) in [4.78, 5) is 0. The maximum absolute atomic E-state index is 10.3. The third kappa shape index (κ3) is 3.73. The summed E-state index contributed by atoms with van der Waals surface area (Å²) < 4.78 is 0. The Morgan fingerprint density at radius 2 is 1.15 bits per heavy atom. The van der Waals surface area contributed by atoms with Crippen molar-refractivity contribution in [2.75, 3.05) is 0 Å². The van der Waals surface area contributed by atoms with E-state index in [1.807, 2.05) is 12.2 Å². The van der Waals surface area contributed by atoms with Crippen LogP contribution in [-0.2, 0) is 0 Å². The molecule has 0 radical (unpaired) electrons. The van der Waals surface area contributed by atoms with Gasteiger partial charge in [-0.1, -0.05) is 12.2 Å². The largest absolute Gasteiger partial charge is 0.393 e. The van der Waals surface area contributed by atoms with Crippen molar-refractivity contribution in [1.29, 1.82) is 0 Å². The lowest BCUT2D eigenvalue weighted by molar-refractivity contribution is -0.0109. The molecule has 0 aromatic carbocycles. The zero-order chi connectivity index (χ0) is 14.5. The van der Waals surface area contributed by atoms with Gasteiger partial charge in [0.15, 0.2) is 0 Å². The molecule has 0 amide bonds. The molecule has 2 nitrogen and oxygen atoms in total. The van der Waals surface area contributed by atoms with E-state index in [1.165, 1.54) is 12.8 Å². The fourth-order valence-corrected chi connectivity index (χ4v) is 4.32. The molecule has 2 saturated carbocycles. The molecule has 2 fully saturated rings. The van der Waals surface area contributed by atoms with Crippen molar-refractivity contribution in [2.45, 2.75) is 63.6 Å². The molecule has 0 heterocycles. The van der Waals surface area contributed by atoms with Crippen molar-refractivity contribution >= 4 is 0 Å². The molecule has 6 atom stereocenters. The summed E-state index contributed by atoms with van der Waals surface area (Å²) in [6.07, 6.45) is 11.9. The maximum atomic E-state index is 10.3. The summed E-state index contributed by atoms with van der Waals surface area (Å²) in [6.45, 7) is 7.56. The highest BCUT2D eigenvalue weighted by Gasteiger charge is 2.37. The molecular formula is C18H30O2. The monoisotopic (exact) mass is 278 g/mol. The Hall–Kier alpha value is -0.600. The molecule has 2 aliphatic carbocycles. The first-order valence-electron chi connectivity index (χ1n) is 8.23. The van der Waals surface area contributed by atoms with E-state index in [2.05, 4.69) is 13.2 Å². The predicted octanol–water partition coefficient (Wildman–Crippen LogP) is 3.69. The summed E-state index contributed by atoms with van der Waals surface area (Å²) in [5.74, 6) is 2.02. The van der Waals surface area contributed by atoms with Crippen molar-refractivity contribution in [3.63, 3.8) is 0 Å². The Labute approximate surface area is 123 Å². The van der Waals surface area contributed by atoms with Gasteiger partial charge in [-0.05, 0) is 75.0 Å². The number of rotatable bonds is 5.